The number of halogens is 1. The maximum Gasteiger partial charge on any atom is 0.0825 e. The Kier molecular flexibility index (Phi) is 5.69. The van der Waals surface area contributed by atoms with Crippen molar-refractivity contribution < 1.29 is 4.74 Å². The molecule has 0 saturated carbocycles. The molecule has 1 aromatic rings. The van der Waals surface area contributed by atoms with E-state index in [1.165, 1.54) is 17.7 Å². The fourth-order valence-corrected chi connectivity index (χ4v) is 3.44. The number of piperidine rings is 1. The first kappa shape index (κ1) is 16.8. The molecule has 1 saturated heterocycles. The lowest BCUT2D eigenvalue weighted by Crippen LogP contribution is -2.47. The van der Waals surface area contributed by atoms with Crippen molar-refractivity contribution in [1.29, 1.82) is 0 Å². The van der Waals surface area contributed by atoms with E-state index < -0.39 is 0 Å². The van der Waals surface area contributed by atoms with Gasteiger partial charge in [0.1, 0.15) is 0 Å². The largest absolute Gasteiger partial charge is 0.377 e. The Morgan fingerprint density at radius 1 is 1.48 bits per heavy atom. The number of nitrogens with zero attached hydrogens (tertiary/aromatic N) is 1. The van der Waals surface area contributed by atoms with Gasteiger partial charge in [-0.15, -0.1) is 0 Å². The highest BCUT2D eigenvalue weighted by atomic mass is 79.9. The van der Waals surface area contributed by atoms with Crippen LogP contribution in [0.15, 0.2) is 22.7 Å². The van der Waals surface area contributed by atoms with Gasteiger partial charge in [-0.05, 0) is 56.4 Å². The van der Waals surface area contributed by atoms with Crippen LogP contribution in [0.2, 0.25) is 0 Å². The minimum atomic E-state index is -0.0462. The molecular formula is C17H27BrN2O. The second kappa shape index (κ2) is 7.12. The Hall–Kier alpha value is -0.580. The van der Waals surface area contributed by atoms with Crippen molar-refractivity contribution in [2.45, 2.75) is 51.2 Å². The zero-order valence-electron chi connectivity index (χ0n) is 13.4. The number of methoxy groups -OCH3 is 1. The molecule has 0 spiro atoms. The van der Waals surface area contributed by atoms with Crippen molar-refractivity contribution in [2.24, 2.45) is 5.73 Å². The van der Waals surface area contributed by atoms with E-state index in [1.54, 1.807) is 0 Å². The zero-order chi connectivity index (χ0) is 15.5. The van der Waals surface area contributed by atoms with Crippen LogP contribution in [-0.4, -0.2) is 31.8 Å². The molecule has 4 heteroatoms. The molecular weight excluding hydrogens is 328 g/mol. The van der Waals surface area contributed by atoms with Crippen LogP contribution in [0.5, 0.6) is 0 Å². The highest BCUT2D eigenvalue weighted by Crippen LogP contribution is 2.32. The topological polar surface area (TPSA) is 38.5 Å². The minimum absolute atomic E-state index is 0.0462. The molecule has 0 aromatic heterocycles. The smallest absolute Gasteiger partial charge is 0.0825 e. The van der Waals surface area contributed by atoms with Gasteiger partial charge in [0.25, 0.3) is 0 Å². The molecule has 0 amide bonds. The first-order chi connectivity index (χ1) is 9.97. The van der Waals surface area contributed by atoms with Crippen molar-refractivity contribution in [3.05, 3.63) is 28.2 Å². The van der Waals surface area contributed by atoms with Crippen molar-refractivity contribution in [3.63, 3.8) is 0 Å². The first-order valence-corrected chi connectivity index (χ1v) is 8.61. The molecule has 0 radical (unpaired) electrons. The summed E-state index contributed by atoms with van der Waals surface area (Å²) in [5, 5.41) is 0. The number of rotatable bonds is 5. The SMILES string of the molecule is CCC(N)Cc1cc(Br)ccc1N1CCCC(C)(OC)C1. The second-order valence-corrected chi connectivity index (χ2v) is 7.24. The van der Waals surface area contributed by atoms with E-state index >= 15 is 0 Å². The summed E-state index contributed by atoms with van der Waals surface area (Å²) in [5.41, 5.74) is 8.77. The number of ether oxygens (including phenoxy) is 1. The summed E-state index contributed by atoms with van der Waals surface area (Å²) in [6.45, 7) is 6.38. The zero-order valence-corrected chi connectivity index (χ0v) is 14.9. The molecule has 2 rings (SSSR count). The monoisotopic (exact) mass is 354 g/mol. The van der Waals surface area contributed by atoms with Crippen molar-refractivity contribution in [3.8, 4) is 0 Å². The number of benzene rings is 1. The fourth-order valence-electron chi connectivity index (χ4n) is 3.03. The molecule has 0 bridgehead atoms. The highest BCUT2D eigenvalue weighted by Gasteiger charge is 2.31. The van der Waals surface area contributed by atoms with Crippen LogP contribution in [0.3, 0.4) is 0 Å². The lowest BCUT2D eigenvalue weighted by atomic mass is 9.93. The van der Waals surface area contributed by atoms with Gasteiger partial charge in [0.15, 0.2) is 0 Å². The molecule has 2 atom stereocenters. The first-order valence-electron chi connectivity index (χ1n) is 7.81. The van der Waals surface area contributed by atoms with Gasteiger partial charge in [0, 0.05) is 36.4 Å². The molecule has 118 valence electrons. The summed E-state index contributed by atoms with van der Waals surface area (Å²) in [4.78, 5) is 2.46. The van der Waals surface area contributed by atoms with Crippen LogP contribution in [-0.2, 0) is 11.2 Å². The minimum Gasteiger partial charge on any atom is -0.377 e. The second-order valence-electron chi connectivity index (χ2n) is 6.32. The Balaban J connectivity index is 2.25. The van der Waals surface area contributed by atoms with E-state index in [4.69, 9.17) is 10.5 Å². The molecule has 1 aromatic carbocycles. The van der Waals surface area contributed by atoms with Gasteiger partial charge in [0.2, 0.25) is 0 Å². The Bertz CT molecular complexity index is 480. The number of hydrogen-bond donors (Lipinski definition) is 1. The number of nitrogens with two attached hydrogens (primary N) is 1. The van der Waals surface area contributed by atoms with Crippen LogP contribution < -0.4 is 10.6 Å². The molecule has 3 nitrogen and oxygen atoms in total. The predicted octanol–water partition coefficient (Wildman–Crippen LogP) is 3.73. The normalized spacial score (nSPS) is 24.1. The van der Waals surface area contributed by atoms with Crippen molar-refractivity contribution >= 4 is 21.6 Å². The summed E-state index contributed by atoms with van der Waals surface area (Å²) in [7, 11) is 1.82. The summed E-state index contributed by atoms with van der Waals surface area (Å²) < 4.78 is 6.84. The molecule has 2 N–H and O–H groups in total. The average Bonchev–Trinajstić information content (AvgIpc) is 2.47. The van der Waals surface area contributed by atoms with E-state index in [1.807, 2.05) is 7.11 Å². The third kappa shape index (κ3) is 4.21. The third-order valence-electron chi connectivity index (χ3n) is 4.54. The fraction of sp³-hybridized carbons (Fsp3) is 0.647. The number of anilines is 1. The van der Waals surface area contributed by atoms with Gasteiger partial charge in [0.05, 0.1) is 5.60 Å². The Labute approximate surface area is 137 Å². The maximum atomic E-state index is 6.17. The average molecular weight is 355 g/mol. The summed E-state index contributed by atoms with van der Waals surface area (Å²) in [5.74, 6) is 0. The molecule has 2 unspecified atom stereocenters. The highest BCUT2D eigenvalue weighted by molar-refractivity contribution is 9.10. The van der Waals surface area contributed by atoms with Gasteiger partial charge in [-0.1, -0.05) is 22.9 Å². The molecule has 21 heavy (non-hydrogen) atoms. The van der Waals surface area contributed by atoms with E-state index in [-0.39, 0.29) is 11.6 Å². The summed E-state index contributed by atoms with van der Waals surface area (Å²) in [6, 6.07) is 6.76. The van der Waals surface area contributed by atoms with Crippen LogP contribution in [0, 0.1) is 0 Å². The summed E-state index contributed by atoms with van der Waals surface area (Å²) >= 11 is 3.58. The van der Waals surface area contributed by atoms with E-state index in [0.717, 1.165) is 36.8 Å². The van der Waals surface area contributed by atoms with E-state index in [9.17, 15) is 0 Å². The molecule has 1 fully saturated rings. The number of hydrogen-bond acceptors (Lipinski definition) is 3. The van der Waals surface area contributed by atoms with Gasteiger partial charge >= 0.3 is 0 Å². The molecule has 0 aliphatic carbocycles. The van der Waals surface area contributed by atoms with Gasteiger partial charge in [-0.2, -0.15) is 0 Å². The Morgan fingerprint density at radius 3 is 2.90 bits per heavy atom. The molecule has 1 heterocycles. The molecule has 1 aliphatic rings. The van der Waals surface area contributed by atoms with E-state index in [2.05, 4.69) is 52.9 Å². The van der Waals surface area contributed by atoms with Crippen LogP contribution in [0.1, 0.15) is 38.7 Å². The Morgan fingerprint density at radius 2 is 2.24 bits per heavy atom. The van der Waals surface area contributed by atoms with Gasteiger partial charge in [-0.3, -0.25) is 0 Å². The van der Waals surface area contributed by atoms with Gasteiger partial charge in [-0.25, -0.2) is 0 Å². The van der Waals surface area contributed by atoms with Crippen molar-refractivity contribution in [1.82, 2.24) is 0 Å². The predicted molar refractivity (Wildman–Crippen MR) is 93.0 cm³/mol. The lowest BCUT2D eigenvalue weighted by Gasteiger charge is -2.41. The standard InChI is InChI=1S/C17H27BrN2O/c1-4-15(19)11-13-10-14(18)6-7-16(13)20-9-5-8-17(2,12-20)21-3/h6-7,10,15H,4-5,8-9,11-12,19H2,1-3H3. The van der Waals surface area contributed by atoms with Gasteiger partial charge < -0.3 is 15.4 Å². The van der Waals surface area contributed by atoms with Crippen LogP contribution in [0.4, 0.5) is 5.69 Å². The third-order valence-corrected chi connectivity index (χ3v) is 5.03. The van der Waals surface area contributed by atoms with E-state index in [0.29, 0.717) is 0 Å². The molecule has 1 aliphatic heterocycles. The lowest BCUT2D eigenvalue weighted by molar-refractivity contribution is -0.00468. The van der Waals surface area contributed by atoms with Crippen LogP contribution >= 0.6 is 15.9 Å². The summed E-state index contributed by atoms with van der Waals surface area (Å²) in [6.07, 6.45) is 4.22. The quantitative estimate of drug-likeness (QED) is 0.875. The van der Waals surface area contributed by atoms with Crippen molar-refractivity contribution in [2.75, 3.05) is 25.1 Å². The van der Waals surface area contributed by atoms with Crippen LogP contribution in [0.25, 0.3) is 0 Å². The maximum absolute atomic E-state index is 6.17.